The molecule has 0 radical (unpaired) electrons. The minimum Gasteiger partial charge on any atom is -0.497 e. The molecule has 4 aromatic carbocycles. The van der Waals surface area contributed by atoms with Crippen LogP contribution in [0.3, 0.4) is 0 Å². The zero-order valence-corrected chi connectivity index (χ0v) is 26.6. The van der Waals surface area contributed by atoms with E-state index in [2.05, 4.69) is 0 Å². The van der Waals surface area contributed by atoms with Crippen molar-refractivity contribution in [3.63, 3.8) is 0 Å². The van der Waals surface area contributed by atoms with E-state index in [9.17, 15) is 4.79 Å². The normalized spacial score (nSPS) is 10.6. The van der Waals surface area contributed by atoms with Crippen LogP contribution < -0.4 is 37.9 Å². The van der Waals surface area contributed by atoms with Crippen molar-refractivity contribution in [1.82, 2.24) is 0 Å². The van der Waals surface area contributed by atoms with Crippen molar-refractivity contribution in [2.24, 2.45) is 0 Å². The Labute approximate surface area is 268 Å². The summed E-state index contributed by atoms with van der Waals surface area (Å²) in [7, 11) is 9.38. The number of ether oxygens (including phenoxy) is 8. The van der Waals surface area contributed by atoms with Crippen LogP contribution >= 0.6 is 12.4 Å². The van der Waals surface area contributed by atoms with E-state index in [4.69, 9.17) is 37.9 Å². The quantitative estimate of drug-likeness (QED) is 0.0871. The molecule has 0 amide bonds. The second-order valence-electron chi connectivity index (χ2n) is 9.23. The van der Waals surface area contributed by atoms with E-state index in [1.54, 1.807) is 77.0 Å². The Morgan fingerprint density at radius 2 is 0.756 bits per heavy atom. The number of methoxy groups -OCH3 is 6. The van der Waals surface area contributed by atoms with E-state index in [1.807, 2.05) is 48.6 Å². The fraction of sp³-hybridized carbons (Fsp3) is 0.171. The van der Waals surface area contributed by atoms with Gasteiger partial charge in [0.25, 0.3) is 0 Å². The summed E-state index contributed by atoms with van der Waals surface area (Å²) in [5.74, 6) is 3.83. The second kappa shape index (κ2) is 16.5. The number of halogens is 1. The summed E-state index contributed by atoms with van der Waals surface area (Å²) in [5, 5.41) is 0. The third-order valence-electron chi connectivity index (χ3n) is 6.45. The van der Waals surface area contributed by atoms with Crippen LogP contribution in [-0.2, 0) is 0 Å². The summed E-state index contributed by atoms with van der Waals surface area (Å²) in [6.45, 7) is 0. The van der Waals surface area contributed by atoms with Gasteiger partial charge in [-0.15, -0.1) is 12.4 Å². The molecule has 0 aliphatic heterocycles. The van der Waals surface area contributed by atoms with Crippen LogP contribution in [0.25, 0.3) is 24.3 Å². The average Bonchev–Trinajstić information content (AvgIpc) is 3.06. The Hall–Kier alpha value is -5.28. The first-order chi connectivity index (χ1) is 21.4. The first-order valence-electron chi connectivity index (χ1n) is 13.5. The molecule has 4 aromatic rings. The van der Waals surface area contributed by atoms with Crippen molar-refractivity contribution in [3.8, 4) is 46.0 Å². The third-order valence-corrected chi connectivity index (χ3v) is 6.45. The van der Waals surface area contributed by atoms with Crippen molar-refractivity contribution < 1.29 is 42.7 Å². The summed E-state index contributed by atoms with van der Waals surface area (Å²) in [6.07, 6.45) is 6.66. The van der Waals surface area contributed by atoms with Crippen molar-refractivity contribution in [2.45, 2.75) is 0 Å². The maximum absolute atomic E-state index is 12.7. The first-order valence-corrected chi connectivity index (χ1v) is 13.5. The molecule has 0 unspecified atom stereocenters. The lowest BCUT2D eigenvalue weighted by molar-refractivity contribution is 0.148. The number of hydrogen-bond acceptors (Lipinski definition) is 9. The van der Waals surface area contributed by atoms with Gasteiger partial charge in [0.1, 0.15) is 23.0 Å². The molecule has 0 aliphatic carbocycles. The van der Waals surface area contributed by atoms with Crippen molar-refractivity contribution in [3.05, 3.63) is 95.1 Å². The Kier molecular flexibility index (Phi) is 12.6. The molecule has 0 bridgehead atoms. The number of carbonyl (C=O) groups is 1. The molecule has 0 aliphatic rings. The number of rotatable bonds is 12. The largest absolute Gasteiger partial charge is 0.519 e. The molecule has 0 fully saturated rings. The van der Waals surface area contributed by atoms with Gasteiger partial charge in [0.2, 0.25) is 0 Å². The fourth-order valence-electron chi connectivity index (χ4n) is 4.18. The van der Waals surface area contributed by atoms with E-state index < -0.39 is 6.16 Å². The summed E-state index contributed by atoms with van der Waals surface area (Å²) in [4.78, 5) is 12.7. The van der Waals surface area contributed by atoms with Crippen molar-refractivity contribution in [2.75, 3.05) is 42.7 Å². The molecule has 0 atom stereocenters. The van der Waals surface area contributed by atoms with Gasteiger partial charge in [0, 0.05) is 12.1 Å². The van der Waals surface area contributed by atoms with Gasteiger partial charge in [-0.1, -0.05) is 36.4 Å². The highest BCUT2D eigenvalue weighted by Crippen LogP contribution is 2.33. The Bertz CT molecular complexity index is 1500. The minimum atomic E-state index is -0.944. The summed E-state index contributed by atoms with van der Waals surface area (Å²) in [5.41, 5.74) is 3.42. The summed E-state index contributed by atoms with van der Waals surface area (Å²) in [6, 6.07) is 21.5. The molecule has 9 nitrogen and oxygen atoms in total. The predicted octanol–water partition coefficient (Wildman–Crippen LogP) is 8.08. The number of hydrogen-bond donors (Lipinski definition) is 0. The predicted molar refractivity (Wildman–Crippen MR) is 177 cm³/mol. The Morgan fingerprint density at radius 3 is 1.07 bits per heavy atom. The SMILES string of the molecule is COc1cc(C=Cc2ccc(OC(=O)Oc3ccc(C=Cc4cc(OC)cc(OC)c4)cc3OC)c(OC)c2)cc(OC)c1.Cl. The van der Waals surface area contributed by atoms with Crippen molar-refractivity contribution in [1.29, 1.82) is 0 Å². The monoisotopic (exact) mass is 634 g/mol. The molecular formula is C35H35ClO9. The molecule has 0 spiro atoms. The lowest BCUT2D eigenvalue weighted by Gasteiger charge is -2.12. The molecule has 0 N–H and O–H groups in total. The zero-order chi connectivity index (χ0) is 31.5. The number of carbonyl (C=O) groups excluding carboxylic acids is 1. The molecule has 10 heteroatoms. The summed E-state index contributed by atoms with van der Waals surface area (Å²) >= 11 is 0. The highest BCUT2D eigenvalue weighted by Gasteiger charge is 2.16. The molecule has 0 aromatic heterocycles. The molecule has 4 rings (SSSR count). The van der Waals surface area contributed by atoms with Gasteiger partial charge >= 0.3 is 6.16 Å². The van der Waals surface area contributed by atoms with Crippen LogP contribution in [0, 0.1) is 0 Å². The molecule has 236 valence electrons. The highest BCUT2D eigenvalue weighted by atomic mass is 35.5. The minimum absolute atomic E-state index is 0. The molecule has 0 saturated carbocycles. The Morgan fingerprint density at radius 1 is 0.422 bits per heavy atom. The molecule has 0 heterocycles. The van der Waals surface area contributed by atoms with E-state index in [0.717, 1.165) is 22.3 Å². The van der Waals surface area contributed by atoms with Gasteiger partial charge in [-0.3, -0.25) is 0 Å². The number of benzene rings is 4. The second-order valence-corrected chi connectivity index (χ2v) is 9.23. The van der Waals surface area contributed by atoms with E-state index in [-0.39, 0.29) is 23.9 Å². The lowest BCUT2D eigenvalue weighted by Crippen LogP contribution is -2.14. The molecule has 0 saturated heterocycles. The molecule has 45 heavy (non-hydrogen) atoms. The third kappa shape index (κ3) is 9.35. The highest BCUT2D eigenvalue weighted by molar-refractivity contribution is 5.85. The van der Waals surface area contributed by atoms with Crippen molar-refractivity contribution >= 4 is 42.9 Å². The smallest absolute Gasteiger partial charge is 0.497 e. The van der Waals surface area contributed by atoms with Crippen LogP contribution in [0.1, 0.15) is 22.3 Å². The van der Waals surface area contributed by atoms with Gasteiger partial charge in [-0.05, 0) is 70.8 Å². The lowest BCUT2D eigenvalue weighted by atomic mass is 10.1. The van der Waals surface area contributed by atoms with Crippen LogP contribution in [0.2, 0.25) is 0 Å². The maximum Gasteiger partial charge on any atom is 0.519 e. The topological polar surface area (TPSA) is 90.9 Å². The van der Waals surface area contributed by atoms with Gasteiger partial charge in [-0.2, -0.15) is 0 Å². The maximum atomic E-state index is 12.7. The zero-order valence-electron chi connectivity index (χ0n) is 25.8. The molecular weight excluding hydrogens is 600 g/mol. The summed E-state index contributed by atoms with van der Waals surface area (Å²) < 4.78 is 43.2. The van der Waals surface area contributed by atoms with Crippen LogP contribution in [0.5, 0.6) is 46.0 Å². The van der Waals surface area contributed by atoms with Gasteiger partial charge in [0.15, 0.2) is 23.0 Å². The van der Waals surface area contributed by atoms with E-state index >= 15 is 0 Å². The van der Waals surface area contributed by atoms with Gasteiger partial charge < -0.3 is 37.9 Å². The first kappa shape index (κ1) is 34.2. The van der Waals surface area contributed by atoms with Crippen LogP contribution in [0.4, 0.5) is 4.79 Å². The van der Waals surface area contributed by atoms with Crippen LogP contribution in [0.15, 0.2) is 72.8 Å². The standard InChI is InChI=1S/C35H34O9.ClH/c1-37-27-15-25(16-28(21-27)38-2)9-7-23-11-13-31(33(19-23)41-5)43-35(36)44-32-14-12-24(20-34(32)42-6)8-10-26-17-29(39-3)22-30(18-26)40-4;/h7-22H,1-6H3;1H. The van der Waals surface area contributed by atoms with Crippen LogP contribution in [-0.4, -0.2) is 48.8 Å². The van der Waals surface area contributed by atoms with Gasteiger partial charge in [-0.25, -0.2) is 4.79 Å². The van der Waals surface area contributed by atoms with E-state index in [1.165, 1.54) is 14.2 Å². The Balaban J connectivity index is 0.00000552. The average molecular weight is 635 g/mol. The van der Waals surface area contributed by atoms with E-state index in [0.29, 0.717) is 34.5 Å². The van der Waals surface area contributed by atoms with Gasteiger partial charge in [0.05, 0.1) is 42.7 Å². The fourth-order valence-corrected chi connectivity index (χ4v) is 4.18.